The van der Waals surface area contributed by atoms with Gasteiger partial charge in [-0.05, 0) is 43.0 Å². The summed E-state index contributed by atoms with van der Waals surface area (Å²) in [6.45, 7) is 2.19. The second kappa shape index (κ2) is 6.38. The lowest BCUT2D eigenvalue weighted by atomic mass is 9.96. The Morgan fingerprint density at radius 1 is 1.16 bits per heavy atom. The van der Waals surface area contributed by atoms with E-state index in [9.17, 15) is 5.11 Å². The summed E-state index contributed by atoms with van der Waals surface area (Å²) in [5, 5.41) is 12.5. The van der Waals surface area contributed by atoms with Crippen molar-refractivity contribution in [2.24, 2.45) is 5.92 Å². The van der Waals surface area contributed by atoms with Crippen LogP contribution < -0.4 is 0 Å². The third-order valence-corrected chi connectivity index (χ3v) is 5.45. The summed E-state index contributed by atoms with van der Waals surface area (Å²) in [7, 11) is 0. The first-order valence-electron chi connectivity index (χ1n) is 7.77. The van der Waals surface area contributed by atoms with E-state index in [-0.39, 0.29) is 6.10 Å². The van der Waals surface area contributed by atoms with Gasteiger partial charge in [0.1, 0.15) is 0 Å². The van der Waals surface area contributed by atoms with Crippen LogP contribution in [0.3, 0.4) is 0 Å². The summed E-state index contributed by atoms with van der Waals surface area (Å²) in [4.78, 5) is 4.10. The van der Waals surface area contributed by atoms with Gasteiger partial charge in [0.25, 0.3) is 0 Å². The van der Waals surface area contributed by atoms with Crippen LogP contribution in [0.4, 0.5) is 0 Å². The van der Waals surface area contributed by atoms with E-state index in [1.54, 1.807) is 0 Å². The first-order valence-corrected chi connectivity index (χ1v) is 8.65. The number of thiophene rings is 1. The molecule has 1 aromatic rings. The van der Waals surface area contributed by atoms with Gasteiger partial charge in [-0.15, -0.1) is 11.3 Å². The molecule has 2 nitrogen and oxygen atoms in total. The predicted molar refractivity (Wildman–Crippen MR) is 80.3 cm³/mol. The van der Waals surface area contributed by atoms with Crippen LogP contribution in [-0.2, 0) is 6.54 Å². The number of aliphatic hydroxyl groups is 1. The van der Waals surface area contributed by atoms with E-state index in [0.717, 1.165) is 25.6 Å². The van der Waals surface area contributed by atoms with Gasteiger partial charge in [0, 0.05) is 24.0 Å². The summed E-state index contributed by atoms with van der Waals surface area (Å²) in [6.07, 6.45) is 8.71. The van der Waals surface area contributed by atoms with Crippen LogP contribution in [0.15, 0.2) is 17.5 Å². The van der Waals surface area contributed by atoms with E-state index in [1.165, 1.54) is 43.4 Å². The number of hydrogen-bond acceptors (Lipinski definition) is 3. The maximum Gasteiger partial charge on any atom is 0.0580 e. The minimum atomic E-state index is -0.0629. The van der Waals surface area contributed by atoms with Crippen molar-refractivity contribution in [3.63, 3.8) is 0 Å². The molecule has 0 bridgehead atoms. The van der Waals surface area contributed by atoms with E-state index in [4.69, 9.17) is 0 Å². The third-order valence-electron chi connectivity index (χ3n) is 4.59. The van der Waals surface area contributed by atoms with Crippen molar-refractivity contribution in [1.29, 1.82) is 0 Å². The fourth-order valence-electron chi connectivity index (χ4n) is 3.26. The number of rotatable bonds is 5. The average molecular weight is 279 g/mol. The van der Waals surface area contributed by atoms with Gasteiger partial charge in [-0.1, -0.05) is 25.3 Å². The van der Waals surface area contributed by atoms with Crippen molar-refractivity contribution >= 4 is 11.3 Å². The van der Waals surface area contributed by atoms with Crippen molar-refractivity contribution in [1.82, 2.24) is 4.90 Å². The molecular weight excluding hydrogens is 254 g/mol. The molecule has 3 rings (SSSR count). The van der Waals surface area contributed by atoms with E-state index >= 15 is 0 Å². The van der Waals surface area contributed by atoms with E-state index < -0.39 is 0 Å². The lowest BCUT2D eigenvalue weighted by Gasteiger charge is -2.29. The van der Waals surface area contributed by atoms with Crippen molar-refractivity contribution in [2.75, 3.05) is 6.54 Å². The molecule has 1 aromatic heterocycles. The third kappa shape index (κ3) is 3.80. The fourth-order valence-corrected chi connectivity index (χ4v) is 3.99. The fraction of sp³-hybridized carbons (Fsp3) is 0.750. The van der Waals surface area contributed by atoms with E-state index in [2.05, 4.69) is 22.4 Å². The quantitative estimate of drug-likeness (QED) is 0.832. The van der Waals surface area contributed by atoms with E-state index in [1.807, 2.05) is 11.3 Å². The lowest BCUT2D eigenvalue weighted by Crippen LogP contribution is -2.35. The highest BCUT2D eigenvalue weighted by Gasteiger charge is 2.32. The zero-order valence-electron chi connectivity index (χ0n) is 11.6. The highest BCUT2D eigenvalue weighted by Crippen LogP contribution is 2.32. The molecule has 3 heteroatoms. The lowest BCUT2D eigenvalue weighted by molar-refractivity contribution is 0.0692. The van der Waals surface area contributed by atoms with Gasteiger partial charge in [-0.25, -0.2) is 0 Å². The number of aliphatic hydroxyl groups excluding tert-OH is 1. The van der Waals surface area contributed by atoms with Crippen molar-refractivity contribution in [3.8, 4) is 0 Å². The monoisotopic (exact) mass is 279 g/mol. The maximum absolute atomic E-state index is 10.3. The molecule has 19 heavy (non-hydrogen) atoms. The van der Waals surface area contributed by atoms with Crippen LogP contribution in [0, 0.1) is 5.92 Å². The molecule has 2 aliphatic rings. The van der Waals surface area contributed by atoms with E-state index in [0.29, 0.717) is 5.92 Å². The minimum absolute atomic E-state index is 0.0629. The van der Waals surface area contributed by atoms with Crippen LogP contribution in [0.1, 0.15) is 49.8 Å². The van der Waals surface area contributed by atoms with Crippen molar-refractivity contribution < 1.29 is 5.11 Å². The molecule has 0 aromatic carbocycles. The zero-order valence-corrected chi connectivity index (χ0v) is 12.4. The summed E-state index contributed by atoms with van der Waals surface area (Å²) in [5.41, 5.74) is 0. The minimum Gasteiger partial charge on any atom is -0.393 e. The van der Waals surface area contributed by atoms with Crippen molar-refractivity contribution in [2.45, 2.75) is 63.6 Å². The Bertz CT molecular complexity index is 374. The molecule has 1 heterocycles. The van der Waals surface area contributed by atoms with Gasteiger partial charge < -0.3 is 5.11 Å². The summed E-state index contributed by atoms with van der Waals surface area (Å²) >= 11 is 1.86. The molecule has 2 fully saturated rings. The standard InChI is InChI=1S/C16H25NOS/c18-16-7-3-1-2-5-13(16)11-17(14-8-9-14)12-15-6-4-10-19-15/h4,6,10,13-14,16,18H,1-3,5,7-9,11-12H2. The summed E-state index contributed by atoms with van der Waals surface area (Å²) in [5.74, 6) is 0.503. The SMILES string of the molecule is OC1CCCCCC1CN(Cc1cccs1)C1CC1. The summed E-state index contributed by atoms with van der Waals surface area (Å²) in [6, 6.07) is 5.17. The Kier molecular flexibility index (Phi) is 4.57. The Labute approximate surface area is 120 Å². The van der Waals surface area contributed by atoms with Crippen LogP contribution in [-0.4, -0.2) is 28.7 Å². The van der Waals surface area contributed by atoms with Crippen LogP contribution in [0.2, 0.25) is 0 Å². The molecular formula is C16H25NOS. The van der Waals surface area contributed by atoms with Crippen LogP contribution >= 0.6 is 11.3 Å². The van der Waals surface area contributed by atoms with Crippen LogP contribution in [0.25, 0.3) is 0 Å². The van der Waals surface area contributed by atoms with Gasteiger partial charge in [0.15, 0.2) is 0 Å². The second-order valence-electron chi connectivity index (χ2n) is 6.21. The molecule has 106 valence electrons. The first kappa shape index (κ1) is 13.6. The molecule has 0 radical (unpaired) electrons. The number of nitrogens with zero attached hydrogens (tertiary/aromatic N) is 1. The Balaban J connectivity index is 1.60. The first-order chi connectivity index (χ1) is 9.33. The highest BCUT2D eigenvalue weighted by atomic mass is 32.1. The molecule has 0 amide bonds. The summed E-state index contributed by atoms with van der Waals surface area (Å²) < 4.78 is 0. The Morgan fingerprint density at radius 2 is 2.00 bits per heavy atom. The van der Waals surface area contributed by atoms with Crippen molar-refractivity contribution in [3.05, 3.63) is 22.4 Å². The molecule has 1 N–H and O–H groups in total. The topological polar surface area (TPSA) is 23.5 Å². The highest BCUT2D eigenvalue weighted by molar-refractivity contribution is 7.09. The molecule has 0 aliphatic heterocycles. The second-order valence-corrected chi connectivity index (χ2v) is 7.24. The maximum atomic E-state index is 10.3. The Morgan fingerprint density at radius 3 is 2.74 bits per heavy atom. The molecule has 2 saturated carbocycles. The normalized spacial score (nSPS) is 28.5. The zero-order chi connectivity index (χ0) is 13.1. The average Bonchev–Trinajstić information content (AvgIpc) is 3.16. The smallest absolute Gasteiger partial charge is 0.0580 e. The van der Waals surface area contributed by atoms with Crippen LogP contribution in [0.5, 0.6) is 0 Å². The molecule has 0 saturated heterocycles. The Hall–Kier alpha value is -0.380. The van der Waals surface area contributed by atoms with Gasteiger partial charge in [-0.2, -0.15) is 0 Å². The number of hydrogen-bond donors (Lipinski definition) is 1. The molecule has 2 unspecified atom stereocenters. The van der Waals surface area contributed by atoms with Gasteiger partial charge in [0.05, 0.1) is 6.10 Å². The molecule has 2 aliphatic carbocycles. The van der Waals surface area contributed by atoms with Gasteiger partial charge in [-0.3, -0.25) is 4.90 Å². The molecule has 0 spiro atoms. The predicted octanol–water partition coefficient (Wildman–Crippen LogP) is 3.65. The molecule has 2 atom stereocenters. The van der Waals surface area contributed by atoms with Gasteiger partial charge >= 0.3 is 0 Å². The van der Waals surface area contributed by atoms with Gasteiger partial charge in [0.2, 0.25) is 0 Å². The largest absolute Gasteiger partial charge is 0.393 e.